The van der Waals surface area contributed by atoms with E-state index in [4.69, 9.17) is 24.6 Å². The molecule has 2 saturated heterocycles. The Bertz CT molecular complexity index is 1220. The van der Waals surface area contributed by atoms with Gasteiger partial charge < -0.3 is 34.5 Å². The van der Waals surface area contributed by atoms with Gasteiger partial charge in [0.2, 0.25) is 17.8 Å². The smallest absolute Gasteiger partial charge is 0.477 e. The number of hydrogen-bond donors (Lipinski definition) is 2. The summed E-state index contributed by atoms with van der Waals surface area (Å²) >= 11 is 0. The van der Waals surface area contributed by atoms with Crippen molar-refractivity contribution in [2.24, 2.45) is 11.3 Å². The second-order valence-electron chi connectivity index (χ2n) is 11.4. The van der Waals surface area contributed by atoms with Crippen LogP contribution in [0.5, 0.6) is 5.88 Å². The van der Waals surface area contributed by atoms with E-state index >= 15 is 0 Å². The van der Waals surface area contributed by atoms with Crippen LogP contribution < -0.4 is 19.4 Å². The molecule has 0 amide bonds. The van der Waals surface area contributed by atoms with E-state index in [0.29, 0.717) is 30.9 Å². The summed E-state index contributed by atoms with van der Waals surface area (Å²) < 4.78 is 37.6. The van der Waals surface area contributed by atoms with Gasteiger partial charge in [0.1, 0.15) is 5.82 Å². The summed E-state index contributed by atoms with van der Waals surface area (Å²) in [7, 11) is 8.04. The molecule has 5 rings (SSSR count). The van der Waals surface area contributed by atoms with Gasteiger partial charge in [-0.05, 0) is 44.8 Å². The molecule has 2 aromatic heterocycles. The number of piperidine rings is 2. The third kappa shape index (κ3) is 7.12. The topological polar surface area (TPSA) is 131 Å². The van der Waals surface area contributed by atoms with Gasteiger partial charge in [-0.3, -0.25) is 0 Å². The van der Waals surface area contributed by atoms with Gasteiger partial charge >= 0.3 is 12.1 Å². The fourth-order valence-corrected chi connectivity index (χ4v) is 5.75. The first kappa shape index (κ1) is 31.5. The first-order chi connectivity index (χ1) is 19.8. The minimum absolute atomic E-state index is 0.222. The zero-order valence-electron chi connectivity index (χ0n) is 24.4. The molecule has 0 aromatic carbocycles. The molecule has 2 fully saturated rings. The second-order valence-corrected chi connectivity index (χ2v) is 11.4. The Morgan fingerprint density at radius 2 is 1.71 bits per heavy atom. The fraction of sp³-hybridized carbons (Fsp3) is 0.667. The Balaban J connectivity index is 0.000000517. The number of nitrogens with zero attached hydrogens (tertiary/aromatic N) is 8. The summed E-state index contributed by atoms with van der Waals surface area (Å²) in [5, 5.41) is 17.5. The number of carboxylic acid groups (broad SMARTS) is 1. The SMILES string of the molecule is CN1CCC2(CC1)CCN(c1nc(N(C)Cc3cnc(N(C)C)nc3)nc3c1CCO3)CC2CO.O=C(O)C(F)(F)F. The molecule has 1 atom stereocenters. The van der Waals surface area contributed by atoms with Gasteiger partial charge in [-0.2, -0.15) is 23.1 Å². The molecule has 2 aromatic rings. The van der Waals surface area contributed by atoms with Crippen molar-refractivity contribution < 1.29 is 32.9 Å². The van der Waals surface area contributed by atoms with E-state index in [2.05, 4.69) is 26.8 Å². The fourth-order valence-electron chi connectivity index (χ4n) is 5.75. The van der Waals surface area contributed by atoms with Gasteiger partial charge in [-0.1, -0.05) is 0 Å². The van der Waals surface area contributed by atoms with Crippen molar-refractivity contribution in [3.8, 4) is 5.88 Å². The number of halogens is 3. The molecule has 3 aliphatic heterocycles. The molecule has 1 spiro atoms. The number of alkyl halides is 3. The molecule has 1 unspecified atom stereocenters. The molecule has 232 valence electrons. The number of aromatic nitrogens is 4. The van der Waals surface area contributed by atoms with Crippen molar-refractivity contribution >= 4 is 23.7 Å². The Hall–Kier alpha value is -3.46. The summed E-state index contributed by atoms with van der Waals surface area (Å²) in [5.41, 5.74) is 2.33. The minimum Gasteiger partial charge on any atom is -0.477 e. The first-order valence-corrected chi connectivity index (χ1v) is 13.9. The summed E-state index contributed by atoms with van der Waals surface area (Å²) in [4.78, 5) is 36.2. The largest absolute Gasteiger partial charge is 0.490 e. The Morgan fingerprint density at radius 1 is 1.10 bits per heavy atom. The maximum atomic E-state index is 10.6. The molecule has 5 heterocycles. The lowest BCUT2D eigenvalue weighted by Crippen LogP contribution is -2.53. The van der Waals surface area contributed by atoms with Crippen molar-refractivity contribution in [2.45, 2.75) is 38.4 Å². The Kier molecular flexibility index (Phi) is 9.60. The summed E-state index contributed by atoms with van der Waals surface area (Å²) in [6.45, 7) is 5.46. The molecule has 3 aliphatic rings. The van der Waals surface area contributed by atoms with E-state index in [9.17, 15) is 18.3 Å². The molecule has 12 nitrogen and oxygen atoms in total. The number of aliphatic hydroxyl groups excluding tert-OH is 1. The number of aliphatic carboxylic acids is 1. The van der Waals surface area contributed by atoms with Crippen molar-refractivity contribution in [3.63, 3.8) is 0 Å². The number of hydrogen-bond acceptors (Lipinski definition) is 11. The summed E-state index contributed by atoms with van der Waals surface area (Å²) in [6.07, 6.45) is 2.85. The standard InChI is InChI=1S/C25H38N8O2.C2HF3O2/c1-30(2)23-26-13-18(14-27-23)15-32(4)24-28-21(20-5-12-35-22(20)29-24)33-11-8-25(19(16-33)17-34)6-9-31(3)10-7-25;3-2(4,5)1(6)7/h13-14,19,34H,5-12,15-17H2,1-4H3;(H,6,7). The number of carboxylic acids is 1. The van der Waals surface area contributed by atoms with Crippen LogP contribution >= 0.6 is 0 Å². The van der Waals surface area contributed by atoms with Crippen LogP contribution in [-0.2, 0) is 17.8 Å². The highest BCUT2D eigenvalue weighted by Crippen LogP contribution is 2.46. The number of ether oxygens (including phenoxy) is 1. The molecule has 0 aliphatic carbocycles. The number of carbonyl (C=O) groups is 1. The van der Waals surface area contributed by atoms with E-state index in [1.165, 1.54) is 0 Å². The predicted octanol–water partition coefficient (Wildman–Crippen LogP) is 2.07. The van der Waals surface area contributed by atoms with Crippen molar-refractivity contribution in [1.29, 1.82) is 0 Å². The first-order valence-electron chi connectivity index (χ1n) is 13.9. The molecule has 2 N–H and O–H groups in total. The molecular weight excluding hydrogens is 557 g/mol. The normalized spacial score (nSPS) is 19.9. The lowest BCUT2D eigenvalue weighted by Gasteiger charge is -2.51. The maximum absolute atomic E-state index is 10.6. The molecular formula is C27H39F3N8O4. The van der Waals surface area contributed by atoms with Gasteiger partial charge in [0.15, 0.2) is 0 Å². The van der Waals surface area contributed by atoms with E-state index in [0.717, 1.165) is 68.8 Å². The monoisotopic (exact) mass is 596 g/mol. The number of aliphatic hydroxyl groups is 1. The Labute approximate surface area is 243 Å². The molecule has 0 bridgehead atoms. The van der Waals surface area contributed by atoms with Crippen molar-refractivity contribution in [2.75, 3.05) is 82.3 Å². The highest BCUT2D eigenvalue weighted by atomic mass is 19.4. The number of likely N-dealkylation sites (tertiary alicyclic amines) is 1. The van der Waals surface area contributed by atoms with Crippen LogP contribution in [0.25, 0.3) is 0 Å². The average Bonchev–Trinajstić information content (AvgIpc) is 3.43. The van der Waals surface area contributed by atoms with Crippen LogP contribution in [0.1, 0.15) is 30.4 Å². The average molecular weight is 597 g/mol. The number of fused-ring (bicyclic) bond motifs is 1. The maximum Gasteiger partial charge on any atom is 0.490 e. The lowest BCUT2D eigenvalue weighted by molar-refractivity contribution is -0.192. The molecule has 15 heteroatoms. The van der Waals surface area contributed by atoms with Gasteiger partial charge in [-0.25, -0.2) is 14.8 Å². The number of anilines is 3. The second kappa shape index (κ2) is 12.8. The van der Waals surface area contributed by atoms with Crippen LogP contribution in [0.2, 0.25) is 0 Å². The van der Waals surface area contributed by atoms with Crippen LogP contribution in [0, 0.1) is 11.3 Å². The van der Waals surface area contributed by atoms with E-state index in [1.54, 1.807) is 0 Å². The van der Waals surface area contributed by atoms with Crippen molar-refractivity contribution in [3.05, 3.63) is 23.5 Å². The lowest BCUT2D eigenvalue weighted by atomic mass is 9.64. The van der Waals surface area contributed by atoms with Crippen LogP contribution in [0.15, 0.2) is 12.4 Å². The van der Waals surface area contributed by atoms with Gasteiger partial charge in [0.05, 0.1) is 12.2 Å². The Morgan fingerprint density at radius 3 is 2.29 bits per heavy atom. The summed E-state index contributed by atoms with van der Waals surface area (Å²) in [5.74, 6) is 0.481. The quantitative estimate of drug-likeness (QED) is 0.506. The molecule has 0 radical (unpaired) electrons. The molecule has 0 saturated carbocycles. The third-order valence-corrected chi connectivity index (χ3v) is 8.31. The molecule has 42 heavy (non-hydrogen) atoms. The van der Waals surface area contributed by atoms with Crippen molar-refractivity contribution in [1.82, 2.24) is 24.8 Å². The minimum atomic E-state index is -5.08. The van der Waals surface area contributed by atoms with Gasteiger partial charge in [-0.15, -0.1) is 0 Å². The van der Waals surface area contributed by atoms with Gasteiger partial charge in [0.25, 0.3) is 0 Å². The predicted molar refractivity (Wildman–Crippen MR) is 150 cm³/mol. The van der Waals surface area contributed by atoms with E-state index in [1.807, 2.05) is 43.3 Å². The van der Waals surface area contributed by atoms with Crippen LogP contribution in [0.4, 0.5) is 30.9 Å². The highest BCUT2D eigenvalue weighted by molar-refractivity contribution is 5.73. The third-order valence-electron chi connectivity index (χ3n) is 8.31. The zero-order chi connectivity index (χ0) is 30.7. The van der Waals surface area contributed by atoms with E-state index in [-0.39, 0.29) is 17.9 Å². The van der Waals surface area contributed by atoms with E-state index < -0.39 is 12.1 Å². The highest BCUT2D eigenvalue weighted by Gasteiger charge is 2.45. The van der Waals surface area contributed by atoms with Crippen LogP contribution in [-0.4, -0.2) is 115 Å². The van der Waals surface area contributed by atoms with Crippen LogP contribution in [0.3, 0.4) is 0 Å². The van der Waals surface area contributed by atoms with Gasteiger partial charge in [0, 0.05) is 77.7 Å². The number of rotatable bonds is 6. The summed E-state index contributed by atoms with van der Waals surface area (Å²) in [6, 6.07) is 0. The zero-order valence-corrected chi connectivity index (χ0v) is 24.4.